The average Bonchev–Trinajstić information content (AvgIpc) is 2.70. The molecule has 1 heterocycles. The molecular weight excluding hydrogens is 276 g/mol. The maximum Gasteiger partial charge on any atom is 0.0600 e. The standard InChI is InChI=1S/C14H19BrN2/c1-17-10-14(6-2-3-7-14)9-16-12-8-11(15)4-5-13(12)17/h4-5,8,16H,2-3,6-7,9-10H2,1H3. The van der Waals surface area contributed by atoms with Gasteiger partial charge in [0.1, 0.15) is 0 Å². The van der Waals surface area contributed by atoms with Crippen LogP contribution in [0.5, 0.6) is 0 Å². The Labute approximate surface area is 112 Å². The lowest BCUT2D eigenvalue weighted by Crippen LogP contribution is -2.36. The van der Waals surface area contributed by atoms with Crippen LogP contribution in [0.25, 0.3) is 0 Å². The zero-order chi connectivity index (χ0) is 11.9. The van der Waals surface area contributed by atoms with Crippen molar-refractivity contribution in [2.24, 2.45) is 5.41 Å². The molecule has 1 aromatic carbocycles. The van der Waals surface area contributed by atoms with Crippen molar-refractivity contribution in [1.29, 1.82) is 0 Å². The second-order valence-electron chi connectivity index (χ2n) is 5.58. The third-order valence-electron chi connectivity index (χ3n) is 4.26. The minimum absolute atomic E-state index is 0.500. The van der Waals surface area contributed by atoms with Gasteiger partial charge in [0, 0.05) is 30.0 Å². The van der Waals surface area contributed by atoms with Crippen molar-refractivity contribution in [2.45, 2.75) is 25.7 Å². The Hall–Kier alpha value is -0.700. The molecule has 17 heavy (non-hydrogen) atoms. The molecule has 1 N–H and O–H groups in total. The van der Waals surface area contributed by atoms with Gasteiger partial charge in [-0.15, -0.1) is 0 Å². The van der Waals surface area contributed by atoms with Gasteiger partial charge in [-0.05, 0) is 31.0 Å². The Bertz CT molecular complexity index is 424. The Morgan fingerprint density at radius 3 is 2.82 bits per heavy atom. The van der Waals surface area contributed by atoms with Gasteiger partial charge in [-0.25, -0.2) is 0 Å². The molecule has 1 fully saturated rings. The highest BCUT2D eigenvalue weighted by molar-refractivity contribution is 9.10. The zero-order valence-corrected chi connectivity index (χ0v) is 11.9. The first-order chi connectivity index (χ1) is 8.19. The lowest BCUT2D eigenvalue weighted by atomic mass is 9.86. The molecule has 3 heteroatoms. The van der Waals surface area contributed by atoms with Crippen molar-refractivity contribution < 1.29 is 0 Å². The fourth-order valence-corrected chi connectivity index (χ4v) is 3.73. The van der Waals surface area contributed by atoms with Gasteiger partial charge in [0.2, 0.25) is 0 Å². The van der Waals surface area contributed by atoms with Crippen LogP contribution >= 0.6 is 15.9 Å². The summed E-state index contributed by atoms with van der Waals surface area (Å²) in [7, 11) is 2.22. The SMILES string of the molecule is CN1CC2(CCCC2)CNc2cc(Br)ccc21. The molecule has 1 aromatic rings. The van der Waals surface area contributed by atoms with E-state index < -0.39 is 0 Å². The van der Waals surface area contributed by atoms with Crippen molar-refractivity contribution in [2.75, 3.05) is 30.4 Å². The smallest absolute Gasteiger partial charge is 0.0600 e. The third kappa shape index (κ3) is 2.05. The summed E-state index contributed by atoms with van der Waals surface area (Å²) in [6, 6.07) is 6.53. The van der Waals surface area contributed by atoms with E-state index in [1.54, 1.807) is 0 Å². The van der Waals surface area contributed by atoms with Gasteiger partial charge in [0.15, 0.2) is 0 Å². The van der Waals surface area contributed by atoms with E-state index in [1.807, 2.05) is 0 Å². The normalized spacial score (nSPS) is 22.1. The molecule has 2 nitrogen and oxygen atoms in total. The number of hydrogen-bond donors (Lipinski definition) is 1. The number of halogens is 1. The van der Waals surface area contributed by atoms with Gasteiger partial charge in [-0.2, -0.15) is 0 Å². The molecule has 0 unspecified atom stereocenters. The minimum atomic E-state index is 0.500. The lowest BCUT2D eigenvalue weighted by molar-refractivity contribution is 0.330. The van der Waals surface area contributed by atoms with Gasteiger partial charge in [0.25, 0.3) is 0 Å². The first-order valence-electron chi connectivity index (χ1n) is 6.43. The van der Waals surface area contributed by atoms with Gasteiger partial charge in [-0.3, -0.25) is 0 Å². The van der Waals surface area contributed by atoms with Gasteiger partial charge < -0.3 is 10.2 Å². The van der Waals surface area contributed by atoms with E-state index in [1.165, 1.54) is 43.6 Å². The van der Waals surface area contributed by atoms with Crippen LogP contribution in [-0.2, 0) is 0 Å². The van der Waals surface area contributed by atoms with Crippen molar-refractivity contribution >= 4 is 27.3 Å². The second-order valence-corrected chi connectivity index (χ2v) is 6.49. The van der Waals surface area contributed by atoms with Crippen LogP contribution < -0.4 is 10.2 Å². The van der Waals surface area contributed by atoms with E-state index in [2.05, 4.69) is 51.4 Å². The van der Waals surface area contributed by atoms with Crippen LogP contribution in [0.3, 0.4) is 0 Å². The molecule has 1 spiro atoms. The Morgan fingerprint density at radius 2 is 2.06 bits per heavy atom. The summed E-state index contributed by atoms with van der Waals surface area (Å²) in [4.78, 5) is 2.42. The summed E-state index contributed by atoms with van der Waals surface area (Å²) < 4.78 is 1.15. The molecule has 3 rings (SSSR count). The second kappa shape index (κ2) is 4.20. The number of hydrogen-bond acceptors (Lipinski definition) is 2. The van der Waals surface area contributed by atoms with E-state index in [0.29, 0.717) is 5.41 Å². The number of benzene rings is 1. The fraction of sp³-hybridized carbons (Fsp3) is 0.571. The van der Waals surface area contributed by atoms with Crippen LogP contribution in [0.1, 0.15) is 25.7 Å². The molecule has 1 aliphatic heterocycles. The van der Waals surface area contributed by atoms with Crippen LogP contribution in [0.2, 0.25) is 0 Å². The molecular formula is C14H19BrN2. The predicted molar refractivity (Wildman–Crippen MR) is 76.8 cm³/mol. The quantitative estimate of drug-likeness (QED) is 0.781. The molecule has 0 amide bonds. The largest absolute Gasteiger partial charge is 0.383 e. The highest BCUT2D eigenvalue weighted by Gasteiger charge is 2.37. The molecule has 1 saturated carbocycles. The molecule has 92 valence electrons. The summed E-state index contributed by atoms with van der Waals surface area (Å²) in [5, 5.41) is 3.66. The summed E-state index contributed by atoms with van der Waals surface area (Å²) in [6.45, 7) is 2.31. The van der Waals surface area contributed by atoms with Gasteiger partial charge in [-0.1, -0.05) is 28.8 Å². The zero-order valence-electron chi connectivity index (χ0n) is 10.3. The number of anilines is 2. The Kier molecular flexibility index (Phi) is 2.81. The molecule has 0 radical (unpaired) electrons. The first-order valence-corrected chi connectivity index (χ1v) is 7.22. The summed E-state index contributed by atoms with van der Waals surface area (Å²) in [5.41, 5.74) is 3.10. The highest BCUT2D eigenvalue weighted by atomic mass is 79.9. The average molecular weight is 295 g/mol. The van der Waals surface area contributed by atoms with Crippen LogP contribution in [0.15, 0.2) is 22.7 Å². The van der Waals surface area contributed by atoms with Gasteiger partial charge in [0.05, 0.1) is 11.4 Å². The van der Waals surface area contributed by atoms with Crippen molar-refractivity contribution in [3.05, 3.63) is 22.7 Å². The summed E-state index contributed by atoms with van der Waals surface area (Å²) in [6.07, 6.45) is 5.55. The molecule has 0 atom stereocenters. The summed E-state index contributed by atoms with van der Waals surface area (Å²) >= 11 is 3.55. The minimum Gasteiger partial charge on any atom is -0.383 e. The van der Waals surface area contributed by atoms with E-state index in [9.17, 15) is 0 Å². The monoisotopic (exact) mass is 294 g/mol. The van der Waals surface area contributed by atoms with Gasteiger partial charge >= 0.3 is 0 Å². The first kappa shape index (κ1) is 11.4. The number of rotatable bonds is 0. The molecule has 2 aliphatic rings. The molecule has 0 bridgehead atoms. The fourth-order valence-electron chi connectivity index (χ4n) is 3.37. The number of nitrogens with zero attached hydrogens (tertiary/aromatic N) is 1. The molecule has 0 aromatic heterocycles. The Morgan fingerprint density at radius 1 is 1.29 bits per heavy atom. The van der Waals surface area contributed by atoms with E-state index in [4.69, 9.17) is 0 Å². The lowest BCUT2D eigenvalue weighted by Gasteiger charge is -2.31. The maximum atomic E-state index is 3.66. The van der Waals surface area contributed by atoms with Crippen molar-refractivity contribution in [3.63, 3.8) is 0 Å². The van der Waals surface area contributed by atoms with Crippen LogP contribution in [-0.4, -0.2) is 20.1 Å². The number of nitrogens with one attached hydrogen (secondary N) is 1. The number of fused-ring (bicyclic) bond motifs is 1. The van der Waals surface area contributed by atoms with E-state index in [0.717, 1.165) is 11.0 Å². The van der Waals surface area contributed by atoms with Crippen molar-refractivity contribution in [1.82, 2.24) is 0 Å². The topological polar surface area (TPSA) is 15.3 Å². The maximum absolute atomic E-state index is 3.66. The van der Waals surface area contributed by atoms with E-state index >= 15 is 0 Å². The van der Waals surface area contributed by atoms with Crippen molar-refractivity contribution in [3.8, 4) is 0 Å². The van der Waals surface area contributed by atoms with E-state index in [-0.39, 0.29) is 0 Å². The predicted octanol–water partition coefficient (Wildman–Crippen LogP) is 3.87. The Balaban J connectivity index is 1.94. The van der Waals surface area contributed by atoms with Crippen LogP contribution in [0.4, 0.5) is 11.4 Å². The summed E-state index contributed by atoms with van der Waals surface area (Å²) in [5.74, 6) is 0. The highest BCUT2D eigenvalue weighted by Crippen LogP contribution is 2.43. The molecule has 0 saturated heterocycles. The molecule has 1 aliphatic carbocycles. The third-order valence-corrected chi connectivity index (χ3v) is 4.75. The van der Waals surface area contributed by atoms with Crippen LogP contribution in [0, 0.1) is 5.41 Å².